The SMILES string of the molecule is Cc1cc(=O)n(Cc2ccccc2)c(N2CCSCC2)n1. The molecule has 4 nitrogen and oxygen atoms in total. The Kier molecular flexibility index (Phi) is 4.29. The van der Waals surface area contributed by atoms with Gasteiger partial charge in [0.1, 0.15) is 0 Å². The Morgan fingerprint density at radius 1 is 1.19 bits per heavy atom. The molecule has 0 spiro atoms. The predicted octanol–water partition coefficient (Wildman–Crippen LogP) is 2.15. The molecular weight excluding hydrogens is 282 g/mol. The summed E-state index contributed by atoms with van der Waals surface area (Å²) in [7, 11) is 0. The summed E-state index contributed by atoms with van der Waals surface area (Å²) < 4.78 is 1.79. The van der Waals surface area contributed by atoms with E-state index >= 15 is 0 Å². The lowest BCUT2D eigenvalue weighted by Gasteiger charge is -2.29. The molecule has 1 saturated heterocycles. The van der Waals surface area contributed by atoms with Gasteiger partial charge in [-0.15, -0.1) is 0 Å². The molecule has 0 bridgehead atoms. The van der Waals surface area contributed by atoms with Gasteiger partial charge >= 0.3 is 0 Å². The molecule has 1 aliphatic heterocycles. The van der Waals surface area contributed by atoms with Gasteiger partial charge in [-0.1, -0.05) is 30.3 Å². The number of aryl methyl sites for hydroxylation is 1. The Bertz CT molecular complexity index is 663. The van der Waals surface area contributed by atoms with Crippen LogP contribution in [0.4, 0.5) is 5.95 Å². The molecule has 2 aromatic rings. The van der Waals surface area contributed by atoms with Crippen LogP contribution in [0.25, 0.3) is 0 Å². The fourth-order valence-corrected chi connectivity index (χ4v) is 3.43. The van der Waals surface area contributed by atoms with E-state index in [0.717, 1.165) is 41.8 Å². The van der Waals surface area contributed by atoms with Crippen molar-refractivity contribution in [2.75, 3.05) is 29.5 Å². The topological polar surface area (TPSA) is 38.1 Å². The quantitative estimate of drug-likeness (QED) is 0.871. The highest BCUT2D eigenvalue weighted by atomic mass is 32.2. The van der Waals surface area contributed by atoms with Gasteiger partial charge < -0.3 is 4.90 Å². The lowest BCUT2D eigenvalue weighted by atomic mass is 10.2. The maximum absolute atomic E-state index is 12.4. The van der Waals surface area contributed by atoms with E-state index in [-0.39, 0.29) is 5.56 Å². The molecule has 0 N–H and O–H groups in total. The lowest BCUT2D eigenvalue weighted by molar-refractivity contribution is 0.682. The Morgan fingerprint density at radius 2 is 1.90 bits per heavy atom. The summed E-state index contributed by atoms with van der Waals surface area (Å²) in [5.74, 6) is 2.99. The second-order valence-electron chi connectivity index (χ2n) is 5.21. The van der Waals surface area contributed by atoms with Crippen LogP contribution < -0.4 is 10.5 Å². The third kappa shape index (κ3) is 3.29. The summed E-state index contributed by atoms with van der Waals surface area (Å²) >= 11 is 1.95. The number of thioether (sulfide) groups is 1. The fourth-order valence-electron chi connectivity index (χ4n) is 2.52. The predicted molar refractivity (Wildman–Crippen MR) is 88.3 cm³/mol. The Balaban J connectivity index is 1.99. The molecule has 1 aromatic carbocycles. The van der Waals surface area contributed by atoms with Crippen LogP contribution in [0.2, 0.25) is 0 Å². The summed E-state index contributed by atoms with van der Waals surface area (Å²) in [5.41, 5.74) is 1.94. The maximum Gasteiger partial charge on any atom is 0.255 e. The highest BCUT2D eigenvalue weighted by molar-refractivity contribution is 7.99. The van der Waals surface area contributed by atoms with Crippen LogP contribution >= 0.6 is 11.8 Å². The van der Waals surface area contributed by atoms with Crippen LogP contribution in [0.5, 0.6) is 0 Å². The number of nitrogens with zero attached hydrogens (tertiary/aromatic N) is 3. The molecule has 2 heterocycles. The van der Waals surface area contributed by atoms with Crippen molar-refractivity contribution in [3.05, 3.63) is 58.0 Å². The average Bonchev–Trinajstić information content (AvgIpc) is 2.51. The minimum Gasteiger partial charge on any atom is -0.340 e. The largest absolute Gasteiger partial charge is 0.340 e. The van der Waals surface area contributed by atoms with E-state index in [9.17, 15) is 4.79 Å². The highest BCUT2D eigenvalue weighted by Gasteiger charge is 2.17. The summed E-state index contributed by atoms with van der Waals surface area (Å²) in [6.07, 6.45) is 0. The monoisotopic (exact) mass is 301 g/mol. The van der Waals surface area contributed by atoms with Gasteiger partial charge in [0, 0.05) is 36.4 Å². The highest BCUT2D eigenvalue weighted by Crippen LogP contribution is 2.17. The molecule has 0 radical (unpaired) electrons. The zero-order valence-electron chi connectivity index (χ0n) is 12.2. The van der Waals surface area contributed by atoms with Gasteiger partial charge in [-0.25, -0.2) is 4.98 Å². The first-order valence-corrected chi connectivity index (χ1v) is 8.34. The minimum atomic E-state index is 0.0274. The Morgan fingerprint density at radius 3 is 2.62 bits per heavy atom. The van der Waals surface area contributed by atoms with E-state index in [1.54, 1.807) is 10.6 Å². The first-order chi connectivity index (χ1) is 10.2. The summed E-state index contributed by atoms with van der Waals surface area (Å²) in [6, 6.07) is 11.7. The van der Waals surface area contributed by atoms with Gasteiger partial charge in [0.25, 0.3) is 5.56 Å². The van der Waals surface area contributed by atoms with Crippen molar-refractivity contribution >= 4 is 17.7 Å². The zero-order chi connectivity index (χ0) is 14.7. The van der Waals surface area contributed by atoms with E-state index in [2.05, 4.69) is 9.88 Å². The summed E-state index contributed by atoms with van der Waals surface area (Å²) in [6.45, 7) is 4.37. The van der Waals surface area contributed by atoms with Crippen LogP contribution in [0.15, 0.2) is 41.2 Å². The first-order valence-electron chi connectivity index (χ1n) is 7.19. The molecule has 1 fully saturated rings. The van der Waals surface area contributed by atoms with Gasteiger partial charge in [0.05, 0.1) is 6.54 Å². The molecule has 0 saturated carbocycles. The average molecular weight is 301 g/mol. The van der Waals surface area contributed by atoms with Gasteiger partial charge in [-0.3, -0.25) is 9.36 Å². The number of rotatable bonds is 3. The zero-order valence-corrected chi connectivity index (χ0v) is 13.0. The second-order valence-corrected chi connectivity index (χ2v) is 6.43. The van der Waals surface area contributed by atoms with Crippen molar-refractivity contribution in [2.24, 2.45) is 0 Å². The minimum absolute atomic E-state index is 0.0274. The molecular formula is C16H19N3OS. The number of hydrogen-bond donors (Lipinski definition) is 0. The standard InChI is InChI=1S/C16H19N3OS/c1-13-11-15(20)19(12-14-5-3-2-4-6-14)16(17-13)18-7-9-21-10-8-18/h2-6,11H,7-10,12H2,1H3. The van der Waals surface area contributed by atoms with E-state index in [4.69, 9.17) is 0 Å². The van der Waals surface area contributed by atoms with Crippen LogP contribution in [0.3, 0.4) is 0 Å². The molecule has 1 aliphatic rings. The molecule has 5 heteroatoms. The normalized spacial score (nSPS) is 15.2. The van der Waals surface area contributed by atoms with Crippen molar-refractivity contribution in [3.63, 3.8) is 0 Å². The number of hydrogen-bond acceptors (Lipinski definition) is 4. The Labute approximate surface area is 128 Å². The lowest BCUT2D eigenvalue weighted by Crippen LogP contribution is -2.38. The second kappa shape index (κ2) is 6.35. The number of anilines is 1. The van der Waals surface area contributed by atoms with E-state index in [1.807, 2.05) is 49.0 Å². The summed E-state index contributed by atoms with van der Waals surface area (Å²) in [5, 5.41) is 0. The number of aromatic nitrogens is 2. The molecule has 0 unspecified atom stereocenters. The third-order valence-electron chi connectivity index (χ3n) is 3.59. The van der Waals surface area contributed by atoms with Crippen molar-refractivity contribution in [3.8, 4) is 0 Å². The van der Waals surface area contributed by atoms with Crippen LogP contribution in [0.1, 0.15) is 11.3 Å². The molecule has 21 heavy (non-hydrogen) atoms. The van der Waals surface area contributed by atoms with Gasteiger partial charge in [0.2, 0.25) is 5.95 Å². The van der Waals surface area contributed by atoms with E-state index in [1.165, 1.54) is 0 Å². The van der Waals surface area contributed by atoms with Crippen molar-refractivity contribution < 1.29 is 0 Å². The van der Waals surface area contributed by atoms with Gasteiger partial charge in [0.15, 0.2) is 0 Å². The van der Waals surface area contributed by atoms with Crippen LogP contribution in [0, 0.1) is 6.92 Å². The smallest absolute Gasteiger partial charge is 0.255 e. The number of benzene rings is 1. The molecule has 1 aromatic heterocycles. The van der Waals surface area contributed by atoms with Crippen LogP contribution in [-0.2, 0) is 6.54 Å². The van der Waals surface area contributed by atoms with E-state index in [0.29, 0.717) is 6.54 Å². The van der Waals surface area contributed by atoms with Crippen LogP contribution in [-0.4, -0.2) is 34.1 Å². The van der Waals surface area contributed by atoms with Gasteiger partial charge in [-0.05, 0) is 12.5 Å². The Hall–Kier alpha value is -1.75. The van der Waals surface area contributed by atoms with Crippen molar-refractivity contribution in [1.29, 1.82) is 0 Å². The molecule has 110 valence electrons. The molecule has 3 rings (SSSR count). The first kappa shape index (κ1) is 14.2. The van der Waals surface area contributed by atoms with E-state index < -0.39 is 0 Å². The molecule has 0 atom stereocenters. The van der Waals surface area contributed by atoms with Gasteiger partial charge in [-0.2, -0.15) is 11.8 Å². The third-order valence-corrected chi connectivity index (χ3v) is 4.54. The van der Waals surface area contributed by atoms with Crippen molar-refractivity contribution in [1.82, 2.24) is 9.55 Å². The van der Waals surface area contributed by atoms with Crippen molar-refractivity contribution in [2.45, 2.75) is 13.5 Å². The summed E-state index contributed by atoms with van der Waals surface area (Å²) in [4.78, 5) is 19.3. The molecule has 0 aliphatic carbocycles. The molecule has 0 amide bonds. The maximum atomic E-state index is 12.4. The fraction of sp³-hybridized carbons (Fsp3) is 0.375.